The zero-order valence-corrected chi connectivity index (χ0v) is 11.9. The van der Waals surface area contributed by atoms with Crippen molar-refractivity contribution in [3.63, 3.8) is 0 Å². The summed E-state index contributed by atoms with van der Waals surface area (Å²) in [6.45, 7) is 7.43. The van der Waals surface area contributed by atoms with Gasteiger partial charge in [-0.1, -0.05) is 32.0 Å². The Bertz CT molecular complexity index is 482. The maximum atomic E-state index is 12.3. The number of hydrogen-bond acceptors (Lipinski definition) is 2. The molecule has 0 aromatic heterocycles. The van der Waals surface area contributed by atoms with Gasteiger partial charge in [0.15, 0.2) is 0 Å². The molecular formula is C15H21NO3. The number of aliphatic carboxylic acids is 1. The number of aryl methyl sites for hydroxylation is 1. The molecule has 0 aliphatic heterocycles. The molecule has 0 saturated carbocycles. The molecule has 0 bridgehead atoms. The van der Waals surface area contributed by atoms with E-state index in [1.807, 2.05) is 32.9 Å². The SMILES string of the molecule is Cc1ccccc1C(=O)NC(C)(CC(=O)O)C(C)C. The first-order valence-corrected chi connectivity index (χ1v) is 6.36. The van der Waals surface area contributed by atoms with Gasteiger partial charge in [-0.15, -0.1) is 0 Å². The Labute approximate surface area is 113 Å². The fraction of sp³-hybridized carbons (Fsp3) is 0.467. The number of benzene rings is 1. The Kier molecular flexibility index (Phi) is 4.70. The zero-order chi connectivity index (χ0) is 14.6. The Hall–Kier alpha value is -1.84. The van der Waals surface area contributed by atoms with Crippen molar-refractivity contribution in [2.75, 3.05) is 0 Å². The van der Waals surface area contributed by atoms with Crippen LogP contribution in [0.1, 0.15) is 43.1 Å². The molecular weight excluding hydrogens is 242 g/mol. The Morgan fingerprint density at radius 1 is 1.32 bits per heavy atom. The number of carboxylic acid groups (broad SMARTS) is 1. The molecule has 4 heteroatoms. The fourth-order valence-corrected chi connectivity index (χ4v) is 1.86. The normalized spacial score (nSPS) is 13.9. The minimum absolute atomic E-state index is 0.0246. The van der Waals surface area contributed by atoms with E-state index < -0.39 is 11.5 Å². The average Bonchev–Trinajstić information content (AvgIpc) is 2.27. The highest BCUT2D eigenvalue weighted by molar-refractivity contribution is 5.96. The van der Waals surface area contributed by atoms with Crippen molar-refractivity contribution in [2.45, 2.75) is 39.7 Å². The smallest absolute Gasteiger partial charge is 0.305 e. The monoisotopic (exact) mass is 263 g/mol. The van der Waals surface area contributed by atoms with E-state index in [1.165, 1.54) is 0 Å². The van der Waals surface area contributed by atoms with E-state index in [2.05, 4.69) is 5.32 Å². The van der Waals surface area contributed by atoms with Gasteiger partial charge in [0.05, 0.1) is 12.0 Å². The number of carboxylic acids is 1. The van der Waals surface area contributed by atoms with Gasteiger partial charge in [-0.25, -0.2) is 0 Å². The fourth-order valence-electron chi connectivity index (χ4n) is 1.86. The molecule has 0 fully saturated rings. The molecule has 0 aliphatic carbocycles. The van der Waals surface area contributed by atoms with Gasteiger partial charge in [-0.3, -0.25) is 9.59 Å². The molecule has 0 heterocycles. The van der Waals surface area contributed by atoms with Gasteiger partial charge in [-0.05, 0) is 31.4 Å². The minimum atomic E-state index is -0.915. The van der Waals surface area contributed by atoms with Crippen molar-refractivity contribution < 1.29 is 14.7 Å². The molecule has 2 N–H and O–H groups in total. The van der Waals surface area contributed by atoms with Crippen LogP contribution in [0, 0.1) is 12.8 Å². The van der Waals surface area contributed by atoms with Crippen LogP contribution in [0.3, 0.4) is 0 Å². The maximum absolute atomic E-state index is 12.3. The van der Waals surface area contributed by atoms with Crippen LogP contribution in [0.25, 0.3) is 0 Å². The van der Waals surface area contributed by atoms with Crippen LogP contribution in [-0.4, -0.2) is 22.5 Å². The molecule has 1 rings (SSSR count). The highest BCUT2D eigenvalue weighted by atomic mass is 16.4. The largest absolute Gasteiger partial charge is 0.481 e. The first kappa shape index (κ1) is 15.2. The third kappa shape index (κ3) is 3.81. The van der Waals surface area contributed by atoms with Crippen molar-refractivity contribution in [3.05, 3.63) is 35.4 Å². The first-order chi connectivity index (χ1) is 8.76. The van der Waals surface area contributed by atoms with Gasteiger partial charge in [0, 0.05) is 5.56 Å². The number of hydrogen-bond donors (Lipinski definition) is 2. The van der Waals surface area contributed by atoms with Crippen molar-refractivity contribution in [1.82, 2.24) is 5.32 Å². The molecule has 104 valence electrons. The number of nitrogens with one attached hydrogen (secondary N) is 1. The summed E-state index contributed by atoms with van der Waals surface area (Å²) in [6, 6.07) is 7.27. The Balaban J connectivity index is 2.95. The van der Waals surface area contributed by atoms with Crippen molar-refractivity contribution in [3.8, 4) is 0 Å². The third-order valence-corrected chi connectivity index (χ3v) is 3.58. The van der Waals surface area contributed by atoms with Gasteiger partial charge >= 0.3 is 5.97 Å². The van der Waals surface area contributed by atoms with Crippen molar-refractivity contribution >= 4 is 11.9 Å². The summed E-state index contributed by atoms with van der Waals surface area (Å²) in [7, 11) is 0. The summed E-state index contributed by atoms with van der Waals surface area (Å²) >= 11 is 0. The molecule has 1 unspecified atom stereocenters. The van der Waals surface area contributed by atoms with E-state index >= 15 is 0 Å². The Morgan fingerprint density at radius 3 is 2.37 bits per heavy atom. The van der Waals surface area contributed by atoms with Crippen molar-refractivity contribution in [2.24, 2.45) is 5.92 Å². The van der Waals surface area contributed by atoms with Crippen LogP contribution in [0.5, 0.6) is 0 Å². The van der Waals surface area contributed by atoms with Gasteiger partial charge in [-0.2, -0.15) is 0 Å². The number of carbonyl (C=O) groups excluding carboxylic acids is 1. The third-order valence-electron chi connectivity index (χ3n) is 3.58. The predicted octanol–water partition coefficient (Wildman–Crippen LogP) is 2.61. The standard InChI is InChI=1S/C15H21NO3/c1-10(2)15(4,9-13(17)18)16-14(19)12-8-6-5-7-11(12)3/h5-8,10H,9H2,1-4H3,(H,16,19)(H,17,18). The van der Waals surface area contributed by atoms with Crippen LogP contribution >= 0.6 is 0 Å². The molecule has 0 aliphatic rings. The summed E-state index contributed by atoms with van der Waals surface area (Å²) in [5.41, 5.74) is 0.701. The molecule has 0 saturated heterocycles. The van der Waals surface area contributed by atoms with E-state index in [4.69, 9.17) is 5.11 Å². The zero-order valence-electron chi connectivity index (χ0n) is 11.9. The molecule has 0 spiro atoms. The number of amides is 1. The quantitative estimate of drug-likeness (QED) is 0.858. The second kappa shape index (κ2) is 5.87. The summed E-state index contributed by atoms with van der Waals surface area (Å²) in [5, 5.41) is 11.8. The minimum Gasteiger partial charge on any atom is -0.481 e. The molecule has 1 atom stereocenters. The predicted molar refractivity (Wildman–Crippen MR) is 74.1 cm³/mol. The molecule has 4 nitrogen and oxygen atoms in total. The lowest BCUT2D eigenvalue weighted by atomic mass is 9.85. The summed E-state index contributed by atoms with van der Waals surface area (Å²) < 4.78 is 0. The van der Waals surface area contributed by atoms with E-state index in [1.54, 1.807) is 19.1 Å². The summed E-state index contributed by atoms with van der Waals surface area (Å²) in [6.07, 6.45) is -0.0950. The van der Waals surface area contributed by atoms with Gasteiger partial charge in [0.25, 0.3) is 5.91 Å². The Morgan fingerprint density at radius 2 is 1.89 bits per heavy atom. The lowest BCUT2D eigenvalue weighted by Gasteiger charge is -2.33. The van der Waals surface area contributed by atoms with E-state index in [9.17, 15) is 9.59 Å². The molecule has 1 amide bonds. The van der Waals surface area contributed by atoms with Crippen molar-refractivity contribution in [1.29, 1.82) is 0 Å². The lowest BCUT2D eigenvalue weighted by molar-refractivity contribution is -0.138. The van der Waals surface area contributed by atoms with E-state index in [0.29, 0.717) is 5.56 Å². The van der Waals surface area contributed by atoms with E-state index in [-0.39, 0.29) is 18.2 Å². The van der Waals surface area contributed by atoms with Gasteiger partial charge in [0.1, 0.15) is 0 Å². The molecule has 1 aromatic rings. The molecule has 19 heavy (non-hydrogen) atoms. The van der Waals surface area contributed by atoms with Crippen LogP contribution in [0.15, 0.2) is 24.3 Å². The molecule has 0 radical (unpaired) electrons. The average molecular weight is 263 g/mol. The second-order valence-corrected chi connectivity index (χ2v) is 5.41. The lowest BCUT2D eigenvalue weighted by Crippen LogP contribution is -2.51. The number of carbonyl (C=O) groups is 2. The topological polar surface area (TPSA) is 66.4 Å². The van der Waals surface area contributed by atoms with Crippen LogP contribution in [0.4, 0.5) is 0 Å². The molecule has 1 aromatic carbocycles. The maximum Gasteiger partial charge on any atom is 0.305 e. The number of rotatable bonds is 5. The van der Waals surface area contributed by atoms with Gasteiger partial charge < -0.3 is 10.4 Å². The highest BCUT2D eigenvalue weighted by Gasteiger charge is 2.33. The van der Waals surface area contributed by atoms with Crippen LogP contribution in [0.2, 0.25) is 0 Å². The summed E-state index contributed by atoms with van der Waals surface area (Å²) in [4.78, 5) is 23.2. The van der Waals surface area contributed by atoms with E-state index in [0.717, 1.165) is 5.56 Å². The highest BCUT2D eigenvalue weighted by Crippen LogP contribution is 2.22. The second-order valence-electron chi connectivity index (χ2n) is 5.41. The van der Waals surface area contributed by atoms with Crippen LogP contribution in [-0.2, 0) is 4.79 Å². The summed E-state index contributed by atoms with van der Waals surface area (Å²) in [5.74, 6) is -1.12. The first-order valence-electron chi connectivity index (χ1n) is 6.36. The van der Waals surface area contributed by atoms with Crippen LogP contribution < -0.4 is 5.32 Å². The van der Waals surface area contributed by atoms with Gasteiger partial charge in [0.2, 0.25) is 0 Å².